The summed E-state index contributed by atoms with van der Waals surface area (Å²) in [6.45, 7) is 1.91. The van der Waals surface area contributed by atoms with E-state index in [2.05, 4.69) is 10.0 Å². The number of para-hydroxylation sites is 1. The lowest BCUT2D eigenvalue weighted by Crippen LogP contribution is -2.61. The normalized spacial score (nSPS) is 22.3. The molecule has 7 nitrogen and oxygen atoms in total. The van der Waals surface area contributed by atoms with Crippen LogP contribution in [0.5, 0.6) is 0 Å². The Kier molecular flexibility index (Phi) is 4.46. The number of carbonyl (C=O) groups is 3. The minimum atomic E-state index is -0.561. The molecule has 4 rings (SSSR count). The average Bonchev–Trinajstić information content (AvgIpc) is 3.34. The van der Waals surface area contributed by atoms with Crippen LogP contribution in [0.1, 0.15) is 25.3 Å². The Morgan fingerprint density at radius 2 is 2.08 bits per heavy atom. The second-order valence-electron chi connectivity index (χ2n) is 6.58. The number of rotatable bonds is 5. The average molecular weight is 372 g/mol. The van der Waals surface area contributed by atoms with Crippen LogP contribution >= 0.6 is 11.9 Å². The van der Waals surface area contributed by atoms with Gasteiger partial charge in [0.1, 0.15) is 12.6 Å². The predicted octanol–water partition coefficient (Wildman–Crippen LogP) is 2.08. The topological polar surface area (TPSA) is 81.8 Å². The number of nitrogens with zero attached hydrogens (tertiary/aromatic N) is 2. The highest BCUT2D eigenvalue weighted by molar-refractivity contribution is 8.00. The fourth-order valence-corrected chi connectivity index (χ4v) is 4.08. The fraction of sp³-hybridized carbons (Fsp3) is 0.389. The first-order valence-corrected chi connectivity index (χ1v) is 9.61. The molecule has 2 N–H and O–H groups in total. The molecule has 1 saturated carbocycles. The number of amides is 4. The maximum absolute atomic E-state index is 12.8. The van der Waals surface area contributed by atoms with Crippen LogP contribution in [-0.2, 0) is 16.0 Å². The molecule has 1 aromatic rings. The van der Waals surface area contributed by atoms with Crippen molar-refractivity contribution in [3.63, 3.8) is 0 Å². The summed E-state index contributed by atoms with van der Waals surface area (Å²) in [5.41, 5.74) is 2.35. The standard InChI is InChI=1S/C18H20N4O3S/c1-2-11-5-3-4-6-13(11)19-15(23)9-21-14-10-26-20-16(14)17(24)22(18(21)25)12-7-8-12/h3-6,10,12,16,20H,2,7-9H2,1H3,(H,19,23). The van der Waals surface area contributed by atoms with Crippen molar-refractivity contribution in [1.29, 1.82) is 0 Å². The summed E-state index contributed by atoms with van der Waals surface area (Å²) in [6.07, 6.45) is 2.47. The predicted molar refractivity (Wildman–Crippen MR) is 99.0 cm³/mol. The molecular formula is C18H20N4O3S. The van der Waals surface area contributed by atoms with Gasteiger partial charge in [-0.05, 0) is 30.9 Å². The van der Waals surface area contributed by atoms with Gasteiger partial charge < -0.3 is 5.32 Å². The Morgan fingerprint density at radius 3 is 2.81 bits per heavy atom. The largest absolute Gasteiger partial charge is 0.331 e. The Balaban J connectivity index is 1.53. The van der Waals surface area contributed by atoms with Crippen molar-refractivity contribution < 1.29 is 14.4 Å². The van der Waals surface area contributed by atoms with E-state index in [1.54, 1.807) is 5.41 Å². The molecule has 1 aliphatic carbocycles. The van der Waals surface area contributed by atoms with Crippen LogP contribution in [0.3, 0.4) is 0 Å². The second kappa shape index (κ2) is 6.77. The molecule has 8 heteroatoms. The summed E-state index contributed by atoms with van der Waals surface area (Å²) in [4.78, 5) is 40.7. The summed E-state index contributed by atoms with van der Waals surface area (Å²) in [5, 5.41) is 4.62. The van der Waals surface area contributed by atoms with Gasteiger partial charge in [0.15, 0.2) is 0 Å². The van der Waals surface area contributed by atoms with Gasteiger partial charge in [-0.25, -0.2) is 9.52 Å². The summed E-state index contributed by atoms with van der Waals surface area (Å²) in [5.74, 6) is -0.498. The minimum absolute atomic E-state index is 0.0321. The third-order valence-corrected chi connectivity index (χ3v) is 5.51. The van der Waals surface area contributed by atoms with Crippen LogP contribution in [0.4, 0.5) is 10.5 Å². The Bertz CT molecular complexity index is 805. The number of urea groups is 1. The van der Waals surface area contributed by atoms with Gasteiger partial charge in [0, 0.05) is 17.1 Å². The third kappa shape index (κ3) is 2.99. The van der Waals surface area contributed by atoms with E-state index in [0.29, 0.717) is 5.70 Å². The van der Waals surface area contributed by atoms with Crippen molar-refractivity contribution >= 4 is 35.5 Å². The third-order valence-electron chi connectivity index (χ3n) is 4.78. The molecule has 2 aliphatic heterocycles. The zero-order chi connectivity index (χ0) is 18.3. The van der Waals surface area contributed by atoms with Crippen LogP contribution < -0.4 is 10.0 Å². The highest BCUT2D eigenvalue weighted by Gasteiger charge is 2.50. The van der Waals surface area contributed by atoms with E-state index < -0.39 is 12.1 Å². The van der Waals surface area contributed by atoms with Crippen LogP contribution in [0.2, 0.25) is 0 Å². The first-order chi connectivity index (χ1) is 12.6. The monoisotopic (exact) mass is 372 g/mol. The lowest BCUT2D eigenvalue weighted by Gasteiger charge is -2.38. The molecule has 26 heavy (non-hydrogen) atoms. The van der Waals surface area contributed by atoms with Crippen molar-refractivity contribution in [2.75, 3.05) is 11.9 Å². The number of carbonyl (C=O) groups excluding carboxylic acids is 3. The van der Waals surface area contributed by atoms with Crippen LogP contribution in [0.25, 0.3) is 0 Å². The smallest absolute Gasteiger partial charge is 0.324 e. The minimum Gasteiger partial charge on any atom is -0.324 e. The van der Waals surface area contributed by atoms with Crippen molar-refractivity contribution in [2.24, 2.45) is 0 Å². The number of hydrogen-bond acceptors (Lipinski definition) is 5. The van der Waals surface area contributed by atoms with Gasteiger partial charge in [0.05, 0.1) is 5.70 Å². The zero-order valence-electron chi connectivity index (χ0n) is 14.4. The molecule has 1 saturated heterocycles. The van der Waals surface area contributed by atoms with Crippen molar-refractivity contribution in [3.05, 3.63) is 40.9 Å². The molecule has 136 valence electrons. The van der Waals surface area contributed by atoms with Gasteiger partial charge in [-0.1, -0.05) is 37.1 Å². The molecule has 0 radical (unpaired) electrons. The van der Waals surface area contributed by atoms with Crippen molar-refractivity contribution in [1.82, 2.24) is 14.5 Å². The SMILES string of the molecule is CCc1ccccc1NC(=O)CN1C(=O)N(C2CC2)C(=O)C2NSC=C21. The number of nitrogens with one attached hydrogen (secondary N) is 2. The molecule has 0 bridgehead atoms. The molecule has 1 atom stereocenters. The van der Waals surface area contributed by atoms with E-state index in [1.807, 2.05) is 31.2 Å². The molecule has 0 spiro atoms. The number of fused-ring (bicyclic) bond motifs is 1. The lowest BCUT2D eigenvalue weighted by atomic mass is 10.1. The molecule has 3 aliphatic rings. The fourth-order valence-electron chi connectivity index (χ4n) is 3.27. The van der Waals surface area contributed by atoms with Crippen molar-refractivity contribution in [2.45, 2.75) is 38.3 Å². The van der Waals surface area contributed by atoms with E-state index in [1.165, 1.54) is 21.7 Å². The van der Waals surface area contributed by atoms with Gasteiger partial charge >= 0.3 is 6.03 Å². The van der Waals surface area contributed by atoms with E-state index >= 15 is 0 Å². The van der Waals surface area contributed by atoms with Gasteiger partial charge in [0.2, 0.25) is 5.91 Å². The van der Waals surface area contributed by atoms with E-state index in [0.717, 1.165) is 30.5 Å². The van der Waals surface area contributed by atoms with Gasteiger partial charge in [-0.3, -0.25) is 19.4 Å². The van der Waals surface area contributed by atoms with Crippen LogP contribution in [0.15, 0.2) is 35.4 Å². The van der Waals surface area contributed by atoms with Crippen molar-refractivity contribution in [3.8, 4) is 0 Å². The first-order valence-electron chi connectivity index (χ1n) is 8.73. The number of hydrogen-bond donors (Lipinski definition) is 2. The van der Waals surface area contributed by atoms with Crippen LogP contribution in [-0.4, -0.2) is 46.3 Å². The zero-order valence-corrected chi connectivity index (χ0v) is 15.2. The maximum atomic E-state index is 12.8. The highest BCUT2D eigenvalue weighted by Crippen LogP contribution is 2.36. The van der Waals surface area contributed by atoms with Gasteiger partial charge in [0.25, 0.3) is 5.91 Å². The highest BCUT2D eigenvalue weighted by atomic mass is 32.2. The summed E-state index contributed by atoms with van der Waals surface area (Å²) < 4.78 is 3.02. The van der Waals surface area contributed by atoms with E-state index in [-0.39, 0.29) is 24.4 Å². The molecule has 1 unspecified atom stereocenters. The number of aryl methyl sites for hydroxylation is 1. The summed E-state index contributed by atoms with van der Waals surface area (Å²) in [7, 11) is 0. The lowest BCUT2D eigenvalue weighted by molar-refractivity contribution is -0.132. The summed E-state index contributed by atoms with van der Waals surface area (Å²) >= 11 is 1.28. The van der Waals surface area contributed by atoms with Crippen LogP contribution in [0, 0.1) is 0 Å². The van der Waals surface area contributed by atoms with Gasteiger partial charge in [-0.15, -0.1) is 0 Å². The molecule has 4 amide bonds. The first kappa shape index (κ1) is 17.1. The number of benzene rings is 1. The van der Waals surface area contributed by atoms with Gasteiger partial charge in [-0.2, -0.15) is 0 Å². The van der Waals surface area contributed by atoms with E-state index in [9.17, 15) is 14.4 Å². The molecular weight excluding hydrogens is 352 g/mol. The molecule has 2 heterocycles. The molecule has 0 aromatic heterocycles. The Morgan fingerprint density at radius 1 is 1.31 bits per heavy atom. The maximum Gasteiger partial charge on any atom is 0.331 e. The Labute approximate surface area is 155 Å². The number of anilines is 1. The summed E-state index contributed by atoms with van der Waals surface area (Å²) in [6, 6.07) is 6.62. The second-order valence-corrected chi connectivity index (χ2v) is 7.29. The number of imide groups is 1. The quantitative estimate of drug-likeness (QED) is 0.774. The van der Waals surface area contributed by atoms with E-state index in [4.69, 9.17) is 0 Å². The molecule has 1 aromatic carbocycles. The molecule has 2 fully saturated rings. The Hall–Kier alpha value is -2.32.